The summed E-state index contributed by atoms with van der Waals surface area (Å²) in [5, 5.41) is 21.5. The van der Waals surface area contributed by atoms with Gasteiger partial charge in [0, 0.05) is 0 Å². The predicted molar refractivity (Wildman–Crippen MR) is 88.2 cm³/mol. The van der Waals surface area contributed by atoms with Crippen LogP contribution >= 0.6 is 0 Å². The van der Waals surface area contributed by atoms with Crippen LogP contribution in [-0.4, -0.2) is 18.2 Å². The Kier molecular flexibility index (Phi) is 5.65. The van der Waals surface area contributed by atoms with Crippen molar-refractivity contribution in [3.05, 3.63) is 65.2 Å². The molecule has 0 atom stereocenters. The maximum Gasteiger partial charge on any atom is 0.277 e. The lowest BCUT2D eigenvalue weighted by atomic mass is 10.1. The lowest BCUT2D eigenvalue weighted by Gasteiger charge is -2.06. The number of nitrogens with one attached hydrogen (secondary N) is 1. The quantitative estimate of drug-likeness (QED) is 0.675. The van der Waals surface area contributed by atoms with Crippen molar-refractivity contribution in [3.8, 4) is 17.9 Å². The average molecular weight is 318 g/mol. The maximum atomic E-state index is 11.7. The van der Waals surface area contributed by atoms with Gasteiger partial charge in [-0.05, 0) is 48.9 Å². The molecule has 0 fully saturated rings. The van der Waals surface area contributed by atoms with Crippen molar-refractivity contribution < 1.29 is 9.53 Å². The molecule has 1 N–H and O–H groups in total. The van der Waals surface area contributed by atoms with E-state index in [4.69, 9.17) is 15.3 Å². The Bertz CT molecular complexity index is 825. The molecule has 0 radical (unpaired) electrons. The van der Waals surface area contributed by atoms with Crippen molar-refractivity contribution in [3.63, 3.8) is 0 Å². The van der Waals surface area contributed by atoms with E-state index >= 15 is 0 Å². The van der Waals surface area contributed by atoms with Crippen LogP contribution in [0.15, 0.2) is 53.6 Å². The highest BCUT2D eigenvalue weighted by atomic mass is 16.5. The summed E-state index contributed by atoms with van der Waals surface area (Å²) < 4.78 is 5.31. The second-order valence-electron chi connectivity index (χ2n) is 4.85. The number of rotatable bonds is 5. The lowest BCUT2D eigenvalue weighted by Crippen LogP contribution is -2.25. The smallest absolute Gasteiger partial charge is 0.277 e. The molecule has 2 aromatic rings. The first-order valence-electron chi connectivity index (χ1n) is 7.09. The van der Waals surface area contributed by atoms with Gasteiger partial charge >= 0.3 is 0 Å². The molecule has 0 aliphatic rings. The first-order valence-corrected chi connectivity index (χ1v) is 7.09. The molecule has 1 amide bonds. The summed E-state index contributed by atoms with van der Waals surface area (Å²) in [4.78, 5) is 11.7. The first kappa shape index (κ1) is 16.7. The Morgan fingerprint density at radius 2 is 1.58 bits per heavy atom. The SMILES string of the molecule is CC(=NNC(=O)COc1ccc(C#N)cc1)c1ccc(C#N)cc1. The van der Waals surface area contributed by atoms with Crippen molar-refractivity contribution in [2.45, 2.75) is 6.92 Å². The van der Waals surface area contributed by atoms with E-state index in [9.17, 15) is 4.79 Å². The molecule has 0 bridgehead atoms. The number of ether oxygens (including phenoxy) is 1. The Morgan fingerprint density at radius 3 is 2.12 bits per heavy atom. The third kappa shape index (κ3) is 4.69. The fraction of sp³-hybridized carbons (Fsp3) is 0.111. The van der Waals surface area contributed by atoms with Gasteiger partial charge in [0.15, 0.2) is 6.61 Å². The molecule has 0 unspecified atom stereocenters. The van der Waals surface area contributed by atoms with Crippen LogP contribution in [-0.2, 0) is 4.79 Å². The summed E-state index contributed by atoms with van der Waals surface area (Å²) >= 11 is 0. The van der Waals surface area contributed by atoms with Gasteiger partial charge in [-0.3, -0.25) is 4.79 Å². The Hall–Kier alpha value is -3.64. The van der Waals surface area contributed by atoms with E-state index in [0.29, 0.717) is 22.6 Å². The molecule has 2 aromatic carbocycles. The minimum absolute atomic E-state index is 0.184. The van der Waals surface area contributed by atoms with Crippen LogP contribution in [0, 0.1) is 22.7 Å². The van der Waals surface area contributed by atoms with Gasteiger partial charge in [-0.15, -0.1) is 0 Å². The minimum Gasteiger partial charge on any atom is -0.484 e. The van der Waals surface area contributed by atoms with Crippen LogP contribution in [0.5, 0.6) is 5.75 Å². The molecule has 0 aliphatic carbocycles. The molecule has 0 spiro atoms. The first-order chi connectivity index (χ1) is 11.6. The topological polar surface area (TPSA) is 98.3 Å². The van der Waals surface area contributed by atoms with Crippen molar-refractivity contribution in [1.82, 2.24) is 5.43 Å². The molecule has 0 saturated carbocycles. The fourth-order valence-electron chi connectivity index (χ4n) is 1.80. The normalized spacial score (nSPS) is 10.4. The van der Waals surface area contributed by atoms with Gasteiger partial charge in [-0.25, -0.2) is 5.43 Å². The Morgan fingerprint density at radius 1 is 1.04 bits per heavy atom. The van der Waals surface area contributed by atoms with Crippen molar-refractivity contribution in [2.75, 3.05) is 6.61 Å². The molecule has 0 heterocycles. The molecular formula is C18H14N4O2. The van der Waals surface area contributed by atoms with Crippen molar-refractivity contribution in [1.29, 1.82) is 10.5 Å². The number of hydrogen-bond acceptors (Lipinski definition) is 5. The van der Waals surface area contributed by atoms with Crippen LogP contribution in [0.1, 0.15) is 23.6 Å². The van der Waals surface area contributed by atoms with E-state index in [1.165, 1.54) is 0 Å². The molecule has 6 heteroatoms. The summed E-state index contributed by atoms with van der Waals surface area (Å²) in [5.74, 6) is 0.101. The van der Waals surface area contributed by atoms with Crippen LogP contribution in [0.2, 0.25) is 0 Å². The largest absolute Gasteiger partial charge is 0.484 e. The Balaban J connectivity index is 1.87. The summed E-state index contributed by atoms with van der Waals surface area (Å²) in [6.45, 7) is 1.57. The maximum absolute atomic E-state index is 11.7. The zero-order valence-corrected chi connectivity index (χ0v) is 13.0. The zero-order chi connectivity index (χ0) is 17.4. The average Bonchev–Trinajstić information content (AvgIpc) is 2.64. The van der Waals surface area contributed by atoms with E-state index in [1.54, 1.807) is 55.5 Å². The van der Waals surface area contributed by atoms with E-state index in [-0.39, 0.29) is 6.61 Å². The van der Waals surface area contributed by atoms with Crippen LogP contribution < -0.4 is 10.2 Å². The van der Waals surface area contributed by atoms with E-state index in [2.05, 4.69) is 10.5 Å². The van der Waals surface area contributed by atoms with Gasteiger partial charge in [0.2, 0.25) is 0 Å². The number of hydrogen-bond donors (Lipinski definition) is 1. The van der Waals surface area contributed by atoms with Gasteiger partial charge < -0.3 is 4.74 Å². The van der Waals surface area contributed by atoms with Gasteiger partial charge in [0.05, 0.1) is 29.0 Å². The summed E-state index contributed by atoms with van der Waals surface area (Å²) in [7, 11) is 0. The molecule has 2 rings (SSSR count). The highest BCUT2D eigenvalue weighted by molar-refractivity contribution is 5.99. The summed E-state index contributed by atoms with van der Waals surface area (Å²) in [5.41, 5.74) is 4.92. The zero-order valence-electron chi connectivity index (χ0n) is 13.0. The second kappa shape index (κ2) is 8.11. The van der Waals surface area contributed by atoms with Crippen LogP contribution in [0.4, 0.5) is 0 Å². The van der Waals surface area contributed by atoms with E-state index in [1.807, 2.05) is 12.1 Å². The second-order valence-corrected chi connectivity index (χ2v) is 4.85. The predicted octanol–water partition coefficient (Wildman–Crippen LogP) is 2.35. The molecule has 118 valence electrons. The lowest BCUT2D eigenvalue weighted by molar-refractivity contribution is -0.123. The number of carbonyl (C=O) groups is 1. The highest BCUT2D eigenvalue weighted by Gasteiger charge is 2.03. The summed E-state index contributed by atoms with van der Waals surface area (Å²) in [6.07, 6.45) is 0. The van der Waals surface area contributed by atoms with Gasteiger partial charge in [-0.1, -0.05) is 12.1 Å². The van der Waals surface area contributed by atoms with Crippen molar-refractivity contribution >= 4 is 11.6 Å². The molecule has 0 aliphatic heterocycles. The number of amides is 1. The van der Waals surface area contributed by atoms with Crippen molar-refractivity contribution in [2.24, 2.45) is 5.10 Å². The third-order valence-electron chi connectivity index (χ3n) is 3.13. The molecule has 0 aromatic heterocycles. The van der Waals surface area contributed by atoms with E-state index < -0.39 is 5.91 Å². The number of benzene rings is 2. The molecule has 0 saturated heterocycles. The third-order valence-corrected chi connectivity index (χ3v) is 3.13. The fourth-order valence-corrected chi connectivity index (χ4v) is 1.80. The number of nitrogens with zero attached hydrogens (tertiary/aromatic N) is 3. The van der Waals surface area contributed by atoms with Gasteiger partial charge in [0.25, 0.3) is 5.91 Å². The highest BCUT2D eigenvalue weighted by Crippen LogP contribution is 2.11. The number of nitriles is 2. The Labute approximate surface area is 139 Å². The molecule has 24 heavy (non-hydrogen) atoms. The monoisotopic (exact) mass is 318 g/mol. The molecular weight excluding hydrogens is 304 g/mol. The number of carbonyl (C=O) groups excluding carboxylic acids is 1. The summed E-state index contributed by atoms with van der Waals surface area (Å²) in [6, 6.07) is 17.4. The standard InChI is InChI=1S/C18H14N4O2/c1-13(16-6-2-14(10-19)3-7-16)21-22-18(23)12-24-17-8-4-15(11-20)5-9-17/h2-9H,12H2,1H3,(H,22,23). The van der Waals surface area contributed by atoms with Crippen LogP contribution in [0.25, 0.3) is 0 Å². The van der Waals surface area contributed by atoms with Gasteiger partial charge in [0.1, 0.15) is 5.75 Å². The van der Waals surface area contributed by atoms with Crippen LogP contribution in [0.3, 0.4) is 0 Å². The van der Waals surface area contributed by atoms with Gasteiger partial charge in [-0.2, -0.15) is 15.6 Å². The molecule has 6 nitrogen and oxygen atoms in total. The van der Waals surface area contributed by atoms with E-state index in [0.717, 1.165) is 5.56 Å². The minimum atomic E-state index is -0.396. The number of hydrazone groups is 1.